The predicted octanol–water partition coefficient (Wildman–Crippen LogP) is 3.39. The van der Waals surface area contributed by atoms with Gasteiger partial charge < -0.3 is 5.11 Å². The minimum Gasteiger partial charge on any atom is -0.396 e. The van der Waals surface area contributed by atoms with Crippen LogP contribution >= 0.6 is 11.8 Å². The number of aliphatic hydroxyl groups excluding tert-OH is 1. The lowest BCUT2D eigenvalue weighted by atomic mass is 10.0. The van der Waals surface area contributed by atoms with Gasteiger partial charge in [0.05, 0.1) is 0 Å². The SMILES string of the molecule is CC(C)CC(=O)c1ccc(SCCCO)cc1. The summed E-state index contributed by atoms with van der Waals surface area (Å²) >= 11 is 1.71. The second kappa shape index (κ2) is 7.51. The van der Waals surface area contributed by atoms with E-state index in [1.54, 1.807) is 11.8 Å². The van der Waals surface area contributed by atoms with Crippen LogP contribution in [0.25, 0.3) is 0 Å². The number of carbonyl (C=O) groups is 1. The Bertz CT molecular complexity index is 344. The molecule has 0 atom stereocenters. The summed E-state index contributed by atoms with van der Waals surface area (Å²) < 4.78 is 0. The zero-order valence-corrected chi connectivity index (χ0v) is 11.3. The molecule has 0 bridgehead atoms. The molecule has 1 aromatic rings. The quantitative estimate of drug-likeness (QED) is 0.459. The average molecular weight is 252 g/mol. The fourth-order valence-corrected chi connectivity index (χ4v) is 2.32. The van der Waals surface area contributed by atoms with Crippen molar-refractivity contribution in [2.24, 2.45) is 5.92 Å². The van der Waals surface area contributed by atoms with Gasteiger partial charge in [-0.2, -0.15) is 0 Å². The monoisotopic (exact) mass is 252 g/mol. The van der Waals surface area contributed by atoms with Crippen LogP contribution in [0.2, 0.25) is 0 Å². The number of Topliss-reactive ketones (excluding diaryl/α,β-unsaturated/α-hetero) is 1. The van der Waals surface area contributed by atoms with Gasteiger partial charge in [0.15, 0.2) is 5.78 Å². The molecule has 0 spiro atoms. The maximum Gasteiger partial charge on any atom is 0.163 e. The molecule has 0 radical (unpaired) electrons. The van der Waals surface area contributed by atoms with Crippen molar-refractivity contribution in [3.05, 3.63) is 29.8 Å². The van der Waals surface area contributed by atoms with Crippen LogP contribution in [-0.2, 0) is 0 Å². The number of hydrogen-bond acceptors (Lipinski definition) is 3. The van der Waals surface area contributed by atoms with Crippen LogP contribution in [0.1, 0.15) is 37.0 Å². The summed E-state index contributed by atoms with van der Waals surface area (Å²) in [5.74, 6) is 1.53. The third-order valence-electron chi connectivity index (χ3n) is 2.34. The van der Waals surface area contributed by atoms with E-state index in [0.29, 0.717) is 12.3 Å². The van der Waals surface area contributed by atoms with E-state index >= 15 is 0 Å². The van der Waals surface area contributed by atoms with Crippen molar-refractivity contribution in [2.75, 3.05) is 12.4 Å². The standard InChI is InChI=1S/C14H20O2S/c1-11(2)10-14(16)12-4-6-13(7-5-12)17-9-3-8-15/h4-7,11,15H,3,8-10H2,1-2H3. The molecule has 0 aliphatic carbocycles. The van der Waals surface area contributed by atoms with Crippen molar-refractivity contribution in [2.45, 2.75) is 31.6 Å². The van der Waals surface area contributed by atoms with Gasteiger partial charge in [-0.1, -0.05) is 26.0 Å². The molecule has 2 nitrogen and oxygen atoms in total. The van der Waals surface area contributed by atoms with Crippen molar-refractivity contribution in [1.29, 1.82) is 0 Å². The largest absolute Gasteiger partial charge is 0.396 e. The summed E-state index contributed by atoms with van der Waals surface area (Å²) in [5, 5.41) is 8.69. The number of aliphatic hydroxyl groups is 1. The summed E-state index contributed by atoms with van der Waals surface area (Å²) in [6, 6.07) is 7.75. The maximum atomic E-state index is 11.8. The molecule has 0 saturated carbocycles. The topological polar surface area (TPSA) is 37.3 Å². The molecule has 3 heteroatoms. The lowest BCUT2D eigenvalue weighted by Crippen LogP contribution is -2.03. The first-order valence-corrected chi connectivity index (χ1v) is 6.99. The highest BCUT2D eigenvalue weighted by Crippen LogP contribution is 2.20. The Morgan fingerprint density at radius 2 is 1.94 bits per heavy atom. The Morgan fingerprint density at radius 3 is 2.47 bits per heavy atom. The zero-order valence-electron chi connectivity index (χ0n) is 10.5. The summed E-state index contributed by atoms with van der Waals surface area (Å²) in [4.78, 5) is 12.9. The van der Waals surface area contributed by atoms with Gasteiger partial charge in [-0.25, -0.2) is 0 Å². The first kappa shape index (κ1) is 14.3. The second-order valence-corrected chi connectivity index (χ2v) is 5.64. The molecule has 0 amide bonds. The summed E-state index contributed by atoms with van der Waals surface area (Å²) in [6.07, 6.45) is 1.41. The van der Waals surface area contributed by atoms with Crippen LogP contribution in [0.3, 0.4) is 0 Å². The van der Waals surface area contributed by atoms with E-state index < -0.39 is 0 Å². The Morgan fingerprint density at radius 1 is 1.29 bits per heavy atom. The van der Waals surface area contributed by atoms with Gasteiger partial charge in [0, 0.05) is 29.2 Å². The van der Waals surface area contributed by atoms with E-state index in [9.17, 15) is 4.79 Å². The maximum absolute atomic E-state index is 11.8. The number of benzene rings is 1. The Labute approximate surface area is 107 Å². The van der Waals surface area contributed by atoms with Crippen molar-refractivity contribution in [1.82, 2.24) is 0 Å². The lowest BCUT2D eigenvalue weighted by Gasteiger charge is -2.05. The van der Waals surface area contributed by atoms with Crippen LogP contribution in [0.15, 0.2) is 29.2 Å². The van der Waals surface area contributed by atoms with Gasteiger partial charge in [-0.3, -0.25) is 4.79 Å². The third kappa shape index (κ3) is 5.37. The zero-order chi connectivity index (χ0) is 12.7. The fourth-order valence-electron chi connectivity index (χ4n) is 1.48. The van der Waals surface area contributed by atoms with Crippen LogP contribution < -0.4 is 0 Å². The van der Waals surface area contributed by atoms with E-state index in [-0.39, 0.29) is 12.4 Å². The van der Waals surface area contributed by atoms with Crippen molar-refractivity contribution < 1.29 is 9.90 Å². The summed E-state index contributed by atoms with van der Waals surface area (Å²) in [7, 11) is 0. The Balaban J connectivity index is 2.52. The molecule has 0 aromatic heterocycles. The smallest absolute Gasteiger partial charge is 0.163 e. The molecule has 17 heavy (non-hydrogen) atoms. The van der Waals surface area contributed by atoms with Crippen LogP contribution in [0.5, 0.6) is 0 Å². The van der Waals surface area contributed by atoms with Gasteiger partial charge in [0.1, 0.15) is 0 Å². The van der Waals surface area contributed by atoms with Gasteiger partial charge in [-0.15, -0.1) is 11.8 Å². The van der Waals surface area contributed by atoms with Crippen molar-refractivity contribution in [3.63, 3.8) is 0 Å². The second-order valence-electron chi connectivity index (χ2n) is 4.47. The number of carbonyl (C=O) groups excluding carboxylic acids is 1. The first-order valence-electron chi connectivity index (χ1n) is 6.00. The normalized spacial score (nSPS) is 10.8. The van der Waals surface area contributed by atoms with E-state index in [0.717, 1.165) is 22.6 Å². The molecular formula is C14H20O2S. The molecular weight excluding hydrogens is 232 g/mol. The number of hydrogen-bond donors (Lipinski definition) is 1. The fraction of sp³-hybridized carbons (Fsp3) is 0.500. The lowest BCUT2D eigenvalue weighted by molar-refractivity contribution is 0.0968. The van der Waals surface area contributed by atoms with E-state index in [4.69, 9.17) is 5.11 Å². The van der Waals surface area contributed by atoms with Crippen LogP contribution in [0, 0.1) is 5.92 Å². The van der Waals surface area contributed by atoms with Gasteiger partial charge >= 0.3 is 0 Å². The molecule has 94 valence electrons. The summed E-state index contributed by atoms with van der Waals surface area (Å²) in [6.45, 7) is 4.34. The molecule has 0 heterocycles. The van der Waals surface area contributed by atoms with Gasteiger partial charge in [0.25, 0.3) is 0 Å². The van der Waals surface area contributed by atoms with Crippen LogP contribution in [0.4, 0.5) is 0 Å². The third-order valence-corrected chi connectivity index (χ3v) is 3.44. The molecule has 0 saturated heterocycles. The minimum atomic E-state index is 0.215. The molecule has 1 aromatic carbocycles. The highest BCUT2D eigenvalue weighted by molar-refractivity contribution is 7.99. The van der Waals surface area contributed by atoms with E-state index in [1.807, 2.05) is 24.3 Å². The van der Waals surface area contributed by atoms with E-state index in [2.05, 4.69) is 13.8 Å². The summed E-state index contributed by atoms with van der Waals surface area (Å²) in [5.41, 5.74) is 0.796. The number of rotatable bonds is 7. The first-order chi connectivity index (χ1) is 8.13. The molecule has 0 aliphatic rings. The average Bonchev–Trinajstić information content (AvgIpc) is 2.29. The molecule has 0 fully saturated rings. The molecule has 0 aliphatic heterocycles. The Kier molecular flexibility index (Phi) is 6.30. The van der Waals surface area contributed by atoms with E-state index in [1.165, 1.54) is 0 Å². The number of ketones is 1. The minimum absolute atomic E-state index is 0.215. The Hall–Kier alpha value is -0.800. The van der Waals surface area contributed by atoms with Gasteiger partial charge in [0.2, 0.25) is 0 Å². The molecule has 1 N–H and O–H groups in total. The number of thioether (sulfide) groups is 1. The predicted molar refractivity (Wildman–Crippen MR) is 72.7 cm³/mol. The molecule has 0 unspecified atom stereocenters. The highest BCUT2D eigenvalue weighted by atomic mass is 32.2. The van der Waals surface area contributed by atoms with Crippen molar-refractivity contribution >= 4 is 17.5 Å². The van der Waals surface area contributed by atoms with Crippen LogP contribution in [-0.4, -0.2) is 23.2 Å². The molecule has 1 rings (SSSR count). The van der Waals surface area contributed by atoms with Gasteiger partial charge in [-0.05, 0) is 24.5 Å². The van der Waals surface area contributed by atoms with Crippen molar-refractivity contribution in [3.8, 4) is 0 Å². The highest BCUT2D eigenvalue weighted by Gasteiger charge is 2.07.